The summed E-state index contributed by atoms with van der Waals surface area (Å²) in [7, 11) is -3.45. The number of aromatic nitrogens is 1. The van der Waals surface area contributed by atoms with Crippen LogP contribution in [0, 0.1) is 0 Å². The molecule has 1 atom stereocenters. The summed E-state index contributed by atoms with van der Waals surface area (Å²) >= 11 is 0. The Morgan fingerprint density at radius 1 is 1.50 bits per heavy atom. The summed E-state index contributed by atoms with van der Waals surface area (Å²) in [6.07, 6.45) is 3.45. The molecule has 1 aromatic rings. The van der Waals surface area contributed by atoms with Crippen LogP contribution in [0.5, 0.6) is 0 Å². The van der Waals surface area contributed by atoms with Crippen LogP contribution in [0.15, 0.2) is 17.2 Å². The summed E-state index contributed by atoms with van der Waals surface area (Å²) < 4.78 is 32.3. The van der Waals surface area contributed by atoms with Gasteiger partial charge in [-0.2, -0.15) is 0 Å². The summed E-state index contributed by atoms with van der Waals surface area (Å²) in [5, 5.41) is 3.24. The summed E-state index contributed by atoms with van der Waals surface area (Å²) in [6, 6.07) is 2.02. The molecular formula is C13H23N3O3S. The van der Waals surface area contributed by atoms with E-state index < -0.39 is 10.0 Å². The molecule has 1 unspecified atom stereocenters. The van der Waals surface area contributed by atoms with Crippen molar-refractivity contribution >= 4 is 10.0 Å². The van der Waals surface area contributed by atoms with E-state index in [2.05, 4.69) is 15.0 Å². The largest absolute Gasteiger partial charge is 0.377 e. The van der Waals surface area contributed by atoms with Crippen molar-refractivity contribution in [1.82, 2.24) is 15.0 Å². The van der Waals surface area contributed by atoms with E-state index in [4.69, 9.17) is 4.74 Å². The molecule has 2 rings (SSSR count). The quantitative estimate of drug-likeness (QED) is 0.701. The molecule has 1 aliphatic heterocycles. The first-order valence-corrected chi connectivity index (χ1v) is 8.47. The fourth-order valence-corrected chi connectivity index (χ4v) is 3.16. The molecule has 0 aromatic carbocycles. The molecule has 20 heavy (non-hydrogen) atoms. The van der Waals surface area contributed by atoms with E-state index in [0.717, 1.165) is 25.1 Å². The van der Waals surface area contributed by atoms with Crippen LogP contribution >= 0.6 is 0 Å². The maximum Gasteiger partial charge on any atom is 0.242 e. The van der Waals surface area contributed by atoms with Crippen molar-refractivity contribution in [2.24, 2.45) is 0 Å². The van der Waals surface area contributed by atoms with Gasteiger partial charge in [0.15, 0.2) is 0 Å². The van der Waals surface area contributed by atoms with E-state index in [9.17, 15) is 8.42 Å². The molecule has 3 N–H and O–H groups in total. The second-order valence-corrected chi connectivity index (χ2v) is 7.15. The zero-order valence-corrected chi connectivity index (χ0v) is 12.8. The number of H-pyrrole nitrogens is 1. The van der Waals surface area contributed by atoms with Gasteiger partial charge in [-0.05, 0) is 18.9 Å². The smallest absolute Gasteiger partial charge is 0.242 e. The molecule has 0 radical (unpaired) electrons. The molecular weight excluding hydrogens is 278 g/mol. The third-order valence-corrected chi connectivity index (χ3v) is 4.66. The van der Waals surface area contributed by atoms with Crippen LogP contribution in [-0.4, -0.2) is 38.7 Å². The Morgan fingerprint density at radius 3 is 2.95 bits per heavy atom. The zero-order valence-electron chi connectivity index (χ0n) is 12.0. The van der Waals surface area contributed by atoms with Crippen LogP contribution < -0.4 is 10.0 Å². The lowest BCUT2D eigenvalue weighted by Gasteiger charge is -2.10. The van der Waals surface area contributed by atoms with Crippen molar-refractivity contribution in [3.8, 4) is 0 Å². The highest BCUT2D eigenvalue weighted by atomic mass is 32.2. The predicted molar refractivity (Wildman–Crippen MR) is 76.9 cm³/mol. The van der Waals surface area contributed by atoms with Crippen LogP contribution in [0.3, 0.4) is 0 Å². The van der Waals surface area contributed by atoms with Gasteiger partial charge in [0.2, 0.25) is 10.0 Å². The number of rotatable bonds is 7. The molecule has 0 saturated carbocycles. The minimum Gasteiger partial charge on any atom is -0.377 e. The maximum atomic E-state index is 12.1. The van der Waals surface area contributed by atoms with Crippen molar-refractivity contribution in [2.75, 3.05) is 13.2 Å². The Bertz CT molecular complexity index is 519. The Labute approximate surface area is 120 Å². The Hall–Kier alpha value is -0.890. The van der Waals surface area contributed by atoms with Crippen LogP contribution in [0.25, 0.3) is 0 Å². The molecule has 1 saturated heterocycles. The highest BCUT2D eigenvalue weighted by Gasteiger charge is 2.21. The molecule has 6 nitrogen and oxygen atoms in total. The lowest BCUT2D eigenvalue weighted by atomic mass is 10.2. The molecule has 0 spiro atoms. The molecule has 0 aliphatic carbocycles. The lowest BCUT2D eigenvalue weighted by molar-refractivity contribution is 0.114. The Morgan fingerprint density at radius 2 is 2.30 bits per heavy atom. The fourth-order valence-electron chi connectivity index (χ4n) is 2.08. The molecule has 114 valence electrons. The number of hydrogen-bond donors (Lipinski definition) is 3. The number of ether oxygens (including phenoxy) is 1. The standard InChI is InChI=1S/C13H23N3O3S/c1-10(2)14-7-11-6-13(9-15-11)20(17,18)16-8-12-4-3-5-19-12/h6,9-10,12,14-16H,3-5,7-8H2,1-2H3. The fraction of sp³-hybridized carbons (Fsp3) is 0.692. The van der Waals surface area contributed by atoms with Gasteiger partial charge in [0, 0.05) is 37.6 Å². The number of sulfonamides is 1. The second-order valence-electron chi connectivity index (χ2n) is 5.38. The average Bonchev–Trinajstić information content (AvgIpc) is 3.05. The number of nitrogens with one attached hydrogen (secondary N) is 3. The van der Waals surface area contributed by atoms with Gasteiger partial charge in [-0.15, -0.1) is 0 Å². The van der Waals surface area contributed by atoms with E-state index >= 15 is 0 Å². The predicted octanol–water partition coefficient (Wildman–Crippen LogP) is 0.970. The Kier molecular flexibility index (Phi) is 5.20. The number of hydrogen-bond acceptors (Lipinski definition) is 4. The van der Waals surface area contributed by atoms with Crippen LogP contribution in [-0.2, 0) is 21.3 Å². The van der Waals surface area contributed by atoms with Crippen molar-refractivity contribution in [3.05, 3.63) is 18.0 Å². The number of aromatic amines is 1. The van der Waals surface area contributed by atoms with Crippen molar-refractivity contribution in [1.29, 1.82) is 0 Å². The van der Waals surface area contributed by atoms with Gasteiger partial charge in [0.25, 0.3) is 0 Å². The zero-order chi connectivity index (χ0) is 14.6. The maximum absolute atomic E-state index is 12.1. The normalized spacial score (nSPS) is 19.9. The third-order valence-electron chi connectivity index (χ3n) is 3.25. The average molecular weight is 301 g/mol. The SMILES string of the molecule is CC(C)NCc1cc(S(=O)(=O)NCC2CCCO2)c[nH]1. The monoisotopic (exact) mass is 301 g/mol. The summed E-state index contributed by atoms with van der Waals surface area (Å²) in [5.41, 5.74) is 0.858. The second kappa shape index (κ2) is 6.71. The minimum absolute atomic E-state index is 0.00537. The molecule has 1 aromatic heterocycles. The molecule has 7 heteroatoms. The molecule has 2 heterocycles. The van der Waals surface area contributed by atoms with Crippen molar-refractivity contribution < 1.29 is 13.2 Å². The van der Waals surface area contributed by atoms with Crippen LogP contribution in [0.2, 0.25) is 0 Å². The Balaban J connectivity index is 1.91. The van der Waals surface area contributed by atoms with E-state index in [1.807, 2.05) is 13.8 Å². The van der Waals surface area contributed by atoms with Gasteiger partial charge >= 0.3 is 0 Å². The summed E-state index contributed by atoms with van der Waals surface area (Å²) in [6.45, 7) is 5.78. The van der Waals surface area contributed by atoms with Crippen molar-refractivity contribution in [3.63, 3.8) is 0 Å². The molecule has 1 fully saturated rings. The molecule has 1 aliphatic rings. The first-order chi connectivity index (χ1) is 9.47. The summed E-state index contributed by atoms with van der Waals surface area (Å²) in [4.78, 5) is 3.26. The highest BCUT2D eigenvalue weighted by Crippen LogP contribution is 2.14. The summed E-state index contributed by atoms with van der Waals surface area (Å²) in [5.74, 6) is 0. The van der Waals surface area contributed by atoms with E-state index in [-0.39, 0.29) is 11.0 Å². The molecule has 0 amide bonds. The van der Waals surface area contributed by atoms with Gasteiger partial charge in [-0.1, -0.05) is 13.8 Å². The van der Waals surface area contributed by atoms with E-state index in [1.54, 1.807) is 6.07 Å². The molecule has 0 bridgehead atoms. The van der Waals surface area contributed by atoms with Crippen LogP contribution in [0.1, 0.15) is 32.4 Å². The van der Waals surface area contributed by atoms with Gasteiger partial charge in [-0.25, -0.2) is 13.1 Å². The van der Waals surface area contributed by atoms with Crippen LogP contribution in [0.4, 0.5) is 0 Å². The minimum atomic E-state index is -3.45. The van der Waals surface area contributed by atoms with Gasteiger partial charge in [0.1, 0.15) is 0 Å². The van der Waals surface area contributed by atoms with E-state index in [0.29, 0.717) is 19.1 Å². The first-order valence-electron chi connectivity index (χ1n) is 6.99. The highest BCUT2D eigenvalue weighted by molar-refractivity contribution is 7.89. The van der Waals surface area contributed by atoms with Gasteiger partial charge in [0.05, 0.1) is 11.0 Å². The van der Waals surface area contributed by atoms with Gasteiger partial charge in [-0.3, -0.25) is 0 Å². The topological polar surface area (TPSA) is 83.2 Å². The lowest BCUT2D eigenvalue weighted by Crippen LogP contribution is -2.31. The van der Waals surface area contributed by atoms with E-state index in [1.165, 1.54) is 6.20 Å². The van der Waals surface area contributed by atoms with Crippen molar-refractivity contribution in [2.45, 2.75) is 50.3 Å². The first kappa shape index (κ1) is 15.5. The van der Waals surface area contributed by atoms with Gasteiger partial charge < -0.3 is 15.0 Å². The third kappa shape index (κ3) is 4.31.